The molecule has 0 saturated heterocycles. The molecule has 19 heavy (non-hydrogen) atoms. The molecule has 0 unspecified atom stereocenters. The average Bonchev–Trinajstić information content (AvgIpc) is 2.60. The molecular weight excluding hydrogens is 271 g/mol. The number of halogens is 2. The summed E-state index contributed by atoms with van der Waals surface area (Å²) < 4.78 is 14.9. The van der Waals surface area contributed by atoms with Gasteiger partial charge in [0, 0.05) is 0 Å². The Balaban J connectivity index is 2.42. The number of carboxylic acids is 1. The minimum atomic E-state index is -1.02. The van der Waals surface area contributed by atoms with Crippen molar-refractivity contribution >= 4 is 17.6 Å². The first-order chi connectivity index (χ1) is 8.91. The normalized spacial score (nSPS) is 10.7. The number of hydrogen-bond acceptors (Lipinski definition) is 2. The van der Waals surface area contributed by atoms with Gasteiger partial charge in [-0.05, 0) is 25.5 Å². The van der Waals surface area contributed by atoms with Crippen LogP contribution in [-0.2, 0) is 6.54 Å². The molecule has 0 spiro atoms. The second-order valence-electron chi connectivity index (χ2n) is 4.22. The zero-order valence-electron chi connectivity index (χ0n) is 10.4. The van der Waals surface area contributed by atoms with Crippen molar-refractivity contribution in [2.45, 2.75) is 20.4 Å². The number of nitrogens with zero attached hydrogens (tertiary/aromatic N) is 2. The Hall–Kier alpha value is -1.88. The van der Waals surface area contributed by atoms with Crippen molar-refractivity contribution in [1.29, 1.82) is 0 Å². The zero-order chi connectivity index (χ0) is 14.2. The first kappa shape index (κ1) is 13.5. The van der Waals surface area contributed by atoms with Gasteiger partial charge in [0.05, 0.1) is 23.0 Å². The van der Waals surface area contributed by atoms with Crippen LogP contribution in [0.3, 0.4) is 0 Å². The molecule has 0 atom stereocenters. The lowest BCUT2D eigenvalue weighted by Gasteiger charge is -2.07. The van der Waals surface area contributed by atoms with Gasteiger partial charge in [-0.3, -0.25) is 4.68 Å². The summed E-state index contributed by atoms with van der Waals surface area (Å²) in [5.41, 5.74) is 1.68. The SMILES string of the molecule is Cc1nn(Cc2cccc(F)c2Cl)c(C)c1C(=O)O. The van der Waals surface area contributed by atoms with Crippen molar-refractivity contribution in [3.05, 3.63) is 51.6 Å². The number of carbonyl (C=O) groups is 1. The van der Waals surface area contributed by atoms with Gasteiger partial charge in [-0.2, -0.15) is 5.10 Å². The van der Waals surface area contributed by atoms with E-state index < -0.39 is 11.8 Å². The van der Waals surface area contributed by atoms with Gasteiger partial charge in [0.15, 0.2) is 0 Å². The van der Waals surface area contributed by atoms with Crippen LogP contribution in [0.25, 0.3) is 0 Å². The Morgan fingerprint density at radius 2 is 2.16 bits per heavy atom. The van der Waals surface area contributed by atoms with E-state index in [0.29, 0.717) is 17.0 Å². The molecular formula is C13H12ClFN2O2. The maximum absolute atomic E-state index is 13.3. The summed E-state index contributed by atoms with van der Waals surface area (Å²) in [6.45, 7) is 3.52. The first-order valence-corrected chi connectivity index (χ1v) is 5.99. The smallest absolute Gasteiger partial charge is 0.339 e. The van der Waals surface area contributed by atoms with E-state index in [1.54, 1.807) is 26.0 Å². The van der Waals surface area contributed by atoms with E-state index in [1.165, 1.54) is 10.7 Å². The van der Waals surface area contributed by atoms with E-state index in [9.17, 15) is 9.18 Å². The summed E-state index contributed by atoms with van der Waals surface area (Å²) in [6.07, 6.45) is 0. The van der Waals surface area contributed by atoms with Crippen molar-refractivity contribution < 1.29 is 14.3 Å². The number of benzene rings is 1. The highest BCUT2D eigenvalue weighted by Gasteiger charge is 2.18. The quantitative estimate of drug-likeness (QED) is 0.941. The van der Waals surface area contributed by atoms with Gasteiger partial charge in [-0.15, -0.1) is 0 Å². The molecule has 1 heterocycles. The number of aromatic carboxylic acids is 1. The van der Waals surface area contributed by atoms with Crippen LogP contribution in [0.15, 0.2) is 18.2 Å². The largest absolute Gasteiger partial charge is 0.478 e. The number of aromatic nitrogens is 2. The van der Waals surface area contributed by atoms with Gasteiger partial charge < -0.3 is 5.11 Å². The molecule has 1 aromatic carbocycles. The first-order valence-electron chi connectivity index (χ1n) is 5.62. The lowest BCUT2D eigenvalue weighted by atomic mass is 10.2. The molecule has 2 aromatic rings. The van der Waals surface area contributed by atoms with Crippen LogP contribution in [0.5, 0.6) is 0 Å². The summed E-state index contributed by atoms with van der Waals surface area (Å²) in [6, 6.07) is 4.51. The average molecular weight is 283 g/mol. The Morgan fingerprint density at radius 3 is 2.74 bits per heavy atom. The van der Waals surface area contributed by atoms with Crippen LogP contribution in [0, 0.1) is 19.7 Å². The molecule has 0 bridgehead atoms. The fourth-order valence-electron chi connectivity index (χ4n) is 1.99. The Kier molecular flexibility index (Phi) is 3.57. The fourth-order valence-corrected chi connectivity index (χ4v) is 2.18. The van der Waals surface area contributed by atoms with E-state index in [2.05, 4.69) is 5.10 Å². The topological polar surface area (TPSA) is 55.1 Å². The maximum Gasteiger partial charge on any atom is 0.339 e. The molecule has 1 aromatic heterocycles. The van der Waals surface area contributed by atoms with Crippen LogP contribution in [0.1, 0.15) is 27.3 Å². The highest BCUT2D eigenvalue weighted by atomic mass is 35.5. The molecule has 0 amide bonds. The zero-order valence-corrected chi connectivity index (χ0v) is 11.2. The lowest BCUT2D eigenvalue weighted by Crippen LogP contribution is -2.06. The maximum atomic E-state index is 13.3. The minimum absolute atomic E-state index is 0.0342. The molecule has 0 radical (unpaired) electrons. The van der Waals surface area contributed by atoms with Crippen LogP contribution < -0.4 is 0 Å². The number of rotatable bonds is 3. The van der Waals surface area contributed by atoms with Gasteiger partial charge in [0.25, 0.3) is 0 Å². The Bertz CT molecular complexity index is 652. The fraction of sp³-hybridized carbons (Fsp3) is 0.231. The summed E-state index contributed by atoms with van der Waals surface area (Å²) in [4.78, 5) is 11.1. The number of hydrogen-bond donors (Lipinski definition) is 1. The second-order valence-corrected chi connectivity index (χ2v) is 4.60. The van der Waals surface area contributed by atoms with E-state index in [-0.39, 0.29) is 17.1 Å². The van der Waals surface area contributed by atoms with E-state index in [4.69, 9.17) is 16.7 Å². The van der Waals surface area contributed by atoms with Crippen LogP contribution in [0.4, 0.5) is 4.39 Å². The van der Waals surface area contributed by atoms with Crippen molar-refractivity contribution in [3.63, 3.8) is 0 Å². The lowest BCUT2D eigenvalue weighted by molar-refractivity contribution is 0.0695. The third kappa shape index (κ3) is 2.46. The van der Waals surface area contributed by atoms with Crippen molar-refractivity contribution in [1.82, 2.24) is 9.78 Å². The number of carboxylic acid groups (broad SMARTS) is 1. The van der Waals surface area contributed by atoms with Crippen LogP contribution in [-0.4, -0.2) is 20.9 Å². The Morgan fingerprint density at radius 1 is 1.47 bits per heavy atom. The highest BCUT2D eigenvalue weighted by molar-refractivity contribution is 6.31. The molecule has 4 nitrogen and oxygen atoms in total. The highest BCUT2D eigenvalue weighted by Crippen LogP contribution is 2.22. The minimum Gasteiger partial charge on any atom is -0.478 e. The number of aryl methyl sites for hydroxylation is 1. The van der Waals surface area contributed by atoms with E-state index in [0.717, 1.165) is 0 Å². The molecule has 6 heteroatoms. The Labute approximate surface area is 114 Å². The van der Waals surface area contributed by atoms with Crippen molar-refractivity contribution in [2.75, 3.05) is 0 Å². The summed E-state index contributed by atoms with van der Waals surface area (Å²) in [5, 5.41) is 13.3. The van der Waals surface area contributed by atoms with Gasteiger partial charge >= 0.3 is 5.97 Å². The monoisotopic (exact) mass is 282 g/mol. The predicted octanol–water partition coefficient (Wildman–Crippen LogP) is 3.04. The molecule has 0 aliphatic heterocycles. The molecule has 2 rings (SSSR count). The third-order valence-corrected chi connectivity index (χ3v) is 3.37. The van der Waals surface area contributed by atoms with Gasteiger partial charge in [0.2, 0.25) is 0 Å². The molecule has 0 saturated carbocycles. The van der Waals surface area contributed by atoms with Crippen molar-refractivity contribution in [3.8, 4) is 0 Å². The summed E-state index contributed by atoms with van der Waals surface area (Å²) in [5.74, 6) is -1.52. The van der Waals surface area contributed by atoms with E-state index in [1.807, 2.05) is 0 Å². The summed E-state index contributed by atoms with van der Waals surface area (Å²) >= 11 is 5.87. The molecule has 100 valence electrons. The van der Waals surface area contributed by atoms with Gasteiger partial charge in [-0.25, -0.2) is 9.18 Å². The van der Waals surface area contributed by atoms with E-state index >= 15 is 0 Å². The second kappa shape index (κ2) is 5.01. The van der Waals surface area contributed by atoms with Crippen LogP contribution in [0.2, 0.25) is 5.02 Å². The standard InChI is InChI=1S/C13H12ClFN2O2/c1-7-11(13(18)19)8(2)17(16-7)6-9-4-3-5-10(15)12(9)14/h3-5H,6H2,1-2H3,(H,18,19). The molecule has 1 N–H and O–H groups in total. The molecule has 0 fully saturated rings. The predicted molar refractivity (Wildman–Crippen MR) is 69.2 cm³/mol. The summed E-state index contributed by atoms with van der Waals surface area (Å²) in [7, 11) is 0. The van der Waals surface area contributed by atoms with Crippen LogP contribution >= 0.6 is 11.6 Å². The molecule has 0 aliphatic carbocycles. The van der Waals surface area contributed by atoms with Gasteiger partial charge in [-0.1, -0.05) is 23.7 Å². The van der Waals surface area contributed by atoms with Crippen molar-refractivity contribution in [2.24, 2.45) is 0 Å². The third-order valence-electron chi connectivity index (χ3n) is 2.95. The molecule has 0 aliphatic rings. The van der Waals surface area contributed by atoms with Gasteiger partial charge in [0.1, 0.15) is 11.4 Å².